The average molecular weight is 332 g/mol. The molecule has 2 N–H and O–H groups in total. The molecule has 1 fully saturated rings. The molecule has 132 valence electrons. The van der Waals surface area contributed by atoms with Crippen LogP contribution in [0.3, 0.4) is 0 Å². The van der Waals surface area contributed by atoms with Gasteiger partial charge in [-0.25, -0.2) is 4.79 Å². The molecule has 1 aromatic carbocycles. The average Bonchev–Trinajstić information content (AvgIpc) is 2.79. The Labute approximate surface area is 144 Å². The van der Waals surface area contributed by atoms with Crippen LogP contribution in [0, 0.1) is 0 Å². The number of likely N-dealkylation sites (tertiary alicyclic amines) is 1. The molecule has 24 heavy (non-hydrogen) atoms. The lowest BCUT2D eigenvalue weighted by Crippen LogP contribution is -2.46. The van der Waals surface area contributed by atoms with Crippen molar-refractivity contribution in [1.82, 2.24) is 4.90 Å². The summed E-state index contributed by atoms with van der Waals surface area (Å²) in [5.74, 6) is 0.881. The highest BCUT2D eigenvalue weighted by molar-refractivity contribution is 5.68. The van der Waals surface area contributed by atoms with E-state index in [1.165, 1.54) is 5.56 Å². The molecular formula is C19H28N2O3. The van der Waals surface area contributed by atoms with E-state index < -0.39 is 5.60 Å². The molecular weight excluding hydrogens is 304 g/mol. The van der Waals surface area contributed by atoms with Crippen molar-refractivity contribution in [2.75, 3.05) is 20.2 Å². The fourth-order valence-electron chi connectivity index (χ4n) is 4.12. The third kappa shape index (κ3) is 2.97. The lowest BCUT2D eigenvalue weighted by Gasteiger charge is -2.40. The second kappa shape index (κ2) is 5.96. The summed E-state index contributed by atoms with van der Waals surface area (Å²) in [6.07, 6.45) is 2.54. The van der Waals surface area contributed by atoms with Crippen molar-refractivity contribution in [3.63, 3.8) is 0 Å². The molecule has 1 saturated heterocycles. The molecule has 1 aliphatic heterocycles. The van der Waals surface area contributed by atoms with E-state index in [1.807, 2.05) is 37.8 Å². The molecule has 1 heterocycles. The number of hydrogen-bond donors (Lipinski definition) is 1. The molecule has 0 radical (unpaired) electrons. The number of nitrogens with two attached hydrogens (primary N) is 1. The van der Waals surface area contributed by atoms with Gasteiger partial charge < -0.3 is 20.1 Å². The van der Waals surface area contributed by atoms with Gasteiger partial charge in [0, 0.05) is 30.1 Å². The molecule has 5 heteroatoms. The number of benzene rings is 1. The molecule has 0 bridgehead atoms. The molecule has 1 spiro atoms. The number of carbonyl (C=O) groups excluding carboxylic acids is 1. The number of methoxy groups -OCH3 is 1. The number of ether oxygens (including phenoxy) is 2. The summed E-state index contributed by atoms with van der Waals surface area (Å²) >= 11 is 0. The molecule has 1 atom stereocenters. The fourth-order valence-corrected chi connectivity index (χ4v) is 4.12. The Bertz CT molecular complexity index is 628. The van der Waals surface area contributed by atoms with E-state index in [1.54, 1.807) is 7.11 Å². The van der Waals surface area contributed by atoms with Crippen molar-refractivity contribution in [2.24, 2.45) is 5.73 Å². The van der Waals surface area contributed by atoms with Crippen LogP contribution >= 0.6 is 0 Å². The molecule has 2 aliphatic rings. The third-order valence-corrected chi connectivity index (χ3v) is 5.21. The standard InChI is InChI=1S/C19H28N2O3/c1-18(2,3)24-17(22)21-10-8-19(9-11-21)12-14(20)16-13(19)6-5-7-15(16)23-4/h5-7,14H,8-12,20H2,1-4H3/t14-/m1/s1. The van der Waals surface area contributed by atoms with Gasteiger partial charge in [-0.2, -0.15) is 0 Å². The first kappa shape index (κ1) is 17.1. The Kier molecular flexibility index (Phi) is 4.24. The lowest BCUT2D eigenvalue weighted by atomic mass is 9.73. The highest BCUT2D eigenvalue weighted by atomic mass is 16.6. The van der Waals surface area contributed by atoms with Gasteiger partial charge in [0.15, 0.2) is 0 Å². The van der Waals surface area contributed by atoms with E-state index in [-0.39, 0.29) is 17.6 Å². The minimum absolute atomic E-state index is 0.00391. The maximum atomic E-state index is 12.3. The molecule has 0 saturated carbocycles. The van der Waals surface area contributed by atoms with Crippen molar-refractivity contribution in [2.45, 2.75) is 57.1 Å². The van der Waals surface area contributed by atoms with Crippen LogP contribution in [0.25, 0.3) is 0 Å². The van der Waals surface area contributed by atoms with E-state index in [0.717, 1.165) is 30.6 Å². The Morgan fingerprint density at radius 2 is 1.96 bits per heavy atom. The second-order valence-electron chi connectivity index (χ2n) is 7.98. The SMILES string of the molecule is COc1cccc2c1[C@H](N)CC21CCN(C(=O)OC(C)(C)C)CC1. The minimum atomic E-state index is -0.456. The zero-order valence-corrected chi connectivity index (χ0v) is 15.1. The summed E-state index contributed by atoms with van der Waals surface area (Å²) in [5.41, 5.74) is 8.47. The van der Waals surface area contributed by atoms with Gasteiger partial charge >= 0.3 is 6.09 Å². The highest BCUT2D eigenvalue weighted by Crippen LogP contribution is 2.52. The number of rotatable bonds is 1. The normalized spacial score (nSPS) is 22.4. The molecule has 3 rings (SSSR count). The zero-order valence-electron chi connectivity index (χ0n) is 15.1. The topological polar surface area (TPSA) is 64.8 Å². The van der Waals surface area contributed by atoms with Gasteiger partial charge in [-0.3, -0.25) is 0 Å². The van der Waals surface area contributed by atoms with E-state index in [2.05, 4.69) is 6.07 Å². The van der Waals surface area contributed by atoms with Gasteiger partial charge in [0.05, 0.1) is 7.11 Å². The molecule has 1 aliphatic carbocycles. The summed E-state index contributed by atoms with van der Waals surface area (Å²) in [6, 6.07) is 6.20. The predicted octanol–water partition coefficient (Wildman–Crippen LogP) is 3.37. The van der Waals surface area contributed by atoms with Gasteiger partial charge in [0.25, 0.3) is 0 Å². The van der Waals surface area contributed by atoms with Crippen molar-refractivity contribution in [1.29, 1.82) is 0 Å². The van der Waals surface area contributed by atoms with Gasteiger partial charge in [-0.15, -0.1) is 0 Å². The Morgan fingerprint density at radius 3 is 2.54 bits per heavy atom. The van der Waals surface area contributed by atoms with Crippen LogP contribution in [0.5, 0.6) is 5.75 Å². The number of piperidine rings is 1. The smallest absolute Gasteiger partial charge is 0.410 e. The van der Waals surface area contributed by atoms with Crippen LogP contribution in [0.1, 0.15) is 57.2 Å². The van der Waals surface area contributed by atoms with Crippen molar-refractivity contribution >= 4 is 6.09 Å². The first-order valence-electron chi connectivity index (χ1n) is 8.67. The Morgan fingerprint density at radius 1 is 1.29 bits per heavy atom. The van der Waals surface area contributed by atoms with E-state index in [0.29, 0.717) is 13.1 Å². The van der Waals surface area contributed by atoms with Crippen LogP contribution < -0.4 is 10.5 Å². The summed E-state index contributed by atoms with van der Waals surface area (Å²) in [4.78, 5) is 14.1. The van der Waals surface area contributed by atoms with Crippen LogP contribution in [-0.4, -0.2) is 36.8 Å². The van der Waals surface area contributed by atoms with Crippen molar-refractivity contribution in [3.05, 3.63) is 29.3 Å². The van der Waals surface area contributed by atoms with Crippen LogP contribution in [-0.2, 0) is 10.2 Å². The van der Waals surface area contributed by atoms with E-state index in [4.69, 9.17) is 15.2 Å². The third-order valence-electron chi connectivity index (χ3n) is 5.21. The summed E-state index contributed by atoms with van der Waals surface area (Å²) in [5, 5.41) is 0. The van der Waals surface area contributed by atoms with Crippen LogP contribution in [0.15, 0.2) is 18.2 Å². The highest BCUT2D eigenvalue weighted by Gasteiger charge is 2.46. The monoisotopic (exact) mass is 332 g/mol. The predicted molar refractivity (Wildman–Crippen MR) is 93.3 cm³/mol. The first-order chi connectivity index (χ1) is 11.3. The number of nitrogens with zero attached hydrogens (tertiary/aromatic N) is 1. The van der Waals surface area contributed by atoms with Gasteiger partial charge in [-0.1, -0.05) is 12.1 Å². The molecule has 5 nitrogen and oxygen atoms in total. The molecule has 0 aromatic heterocycles. The number of fused-ring (bicyclic) bond motifs is 2. The molecule has 1 aromatic rings. The number of carbonyl (C=O) groups is 1. The number of hydrogen-bond acceptors (Lipinski definition) is 4. The molecule has 0 unspecified atom stereocenters. The zero-order chi connectivity index (χ0) is 17.5. The number of amides is 1. The fraction of sp³-hybridized carbons (Fsp3) is 0.632. The maximum Gasteiger partial charge on any atom is 0.410 e. The Balaban J connectivity index is 1.77. The van der Waals surface area contributed by atoms with Crippen LogP contribution in [0.2, 0.25) is 0 Å². The van der Waals surface area contributed by atoms with E-state index >= 15 is 0 Å². The minimum Gasteiger partial charge on any atom is -0.496 e. The van der Waals surface area contributed by atoms with Gasteiger partial charge in [0.2, 0.25) is 0 Å². The van der Waals surface area contributed by atoms with Gasteiger partial charge in [0.1, 0.15) is 11.4 Å². The van der Waals surface area contributed by atoms with Gasteiger partial charge in [-0.05, 0) is 51.7 Å². The van der Waals surface area contributed by atoms with Crippen LogP contribution in [0.4, 0.5) is 4.79 Å². The van der Waals surface area contributed by atoms with E-state index in [9.17, 15) is 4.79 Å². The summed E-state index contributed by atoms with van der Waals surface area (Å²) in [7, 11) is 1.69. The Hall–Kier alpha value is -1.75. The first-order valence-corrected chi connectivity index (χ1v) is 8.67. The second-order valence-corrected chi connectivity index (χ2v) is 7.98. The largest absolute Gasteiger partial charge is 0.496 e. The quantitative estimate of drug-likeness (QED) is 0.856. The van der Waals surface area contributed by atoms with Crippen molar-refractivity contribution in [3.8, 4) is 5.75 Å². The lowest BCUT2D eigenvalue weighted by molar-refractivity contribution is 0.0162. The van der Waals surface area contributed by atoms with Crippen molar-refractivity contribution < 1.29 is 14.3 Å². The summed E-state index contributed by atoms with van der Waals surface area (Å²) in [6.45, 7) is 7.11. The molecule has 1 amide bonds. The maximum absolute atomic E-state index is 12.3. The summed E-state index contributed by atoms with van der Waals surface area (Å²) < 4.78 is 11.0.